The van der Waals surface area contributed by atoms with Crippen LogP contribution in [0.4, 0.5) is 0 Å². The molecule has 118 valence electrons. The molecule has 1 heterocycles. The van der Waals surface area contributed by atoms with Gasteiger partial charge in [0.2, 0.25) is 5.91 Å². The summed E-state index contributed by atoms with van der Waals surface area (Å²) < 4.78 is 5.12. The highest BCUT2D eigenvalue weighted by Crippen LogP contribution is 2.27. The lowest BCUT2D eigenvalue weighted by Gasteiger charge is -2.21. The molecule has 2 aromatic rings. The summed E-state index contributed by atoms with van der Waals surface area (Å²) in [5.74, 6) is 0.0914. The van der Waals surface area contributed by atoms with Crippen LogP contribution in [-0.4, -0.2) is 17.6 Å². The standard InChI is InChI=1S/C17H20ClNO3/c1-11(2)16(12-5-3-6-13(18)9-12)17(21)19-10-14(20)15-7-4-8-22-15/h3-9,11,14,16,20H,10H2,1-2H3,(H,19,21). The minimum absolute atomic E-state index is 0.107. The number of furan rings is 1. The van der Waals surface area contributed by atoms with Crippen LogP contribution < -0.4 is 5.32 Å². The minimum Gasteiger partial charge on any atom is -0.467 e. The lowest BCUT2D eigenvalue weighted by molar-refractivity contribution is -0.124. The first kappa shape index (κ1) is 16.6. The molecule has 1 amide bonds. The summed E-state index contributed by atoms with van der Waals surface area (Å²) in [4.78, 5) is 12.5. The molecule has 4 nitrogen and oxygen atoms in total. The summed E-state index contributed by atoms with van der Waals surface area (Å²) in [5, 5.41) is 13.3. The third-order valence-corrected chi connectivity index (χ3v) is 3.73. The number of hydrogen-bond acceptors (Lipinski definition) is 3. The molecule has 2 rings (SSSR count). The highest BCUT2D eigenvalue weighted by Gasteiger charge is 2.25. The van der Waals surface area contributed by atoms with Crippen molar-refractivity contribution in [3.63, 3.8) is 0 Å². The Kier molecular flexibility index (Phi) is 5.63. The van der Waals surface area contributed by atoms with Crippen molar-refractivity contribution in [3.05, 3.63) is 59.0 Å². The molecule has 22 heavy (non-hydrogen) atoms. The number of carbonyl (C=O) groups is 1. The van der Waals surface area contributed by atoms with Gasteiger partial charge in [0, 0.05) is 5.02 Å². The normalized spacial score (nSPS) is 13.9. The molecule has 2 N–H and O–H groups in total. The van der Waals surface area contributed by atoms with Crippen LogP contribution in [0.1, 0.15) is 37.2 Å². The number of amides is 1. The molecule has 1 aromatic carbocycles. The van der Waals surface area contributed by atoms with Gasteiger partial charge in [0.25, 0.3) is 0 Å². The van der Waals surface area contributed by atoms with Crippen LogP contribution in [0.2, 0.25) is 5.02 Å². The van der Waals surface area contributed by atoms with Gasteiger partial charge in [-0.05, 0) is 35.7 Å². The van der Waals surface area contributed by atoms with Crippen molar-refractivity contribution in [1.29, 1.82) is 0 Å². The van der Waals surface area contributed by atoms with E-state index in [1.165, 1.54) is 6.26 Å². The molecule has 2 atom stereocenters. The zero-order valence-corrected chi connectivity index (χ0v) is 13.4. The van der Waals surface area contributed by atoms with Crippen LogP contribution in [0.15, 0.2) is 47.1 Å². The number of rotatable bonds is 6. The number of benzene rings is 1. The topological polar surface area (TPSA) is 62.5 Å². The quantitative estimate of drug-likeness (QED) is 0.855. The van der Waals surface area contributed by atoms with Gasteiger partial charge in [-0.1, -0.05) is 37.6 Å². The first-order chi connectivity index (χ1) is 10.5. The molecule has 5 heteroatoms. The van der Waals surface area contributed by atoms with E-state index in [2.05, 4.69) is 5.32 Å². The lowest BCUT2D eigenvalue weighted by atomic mass is 9.87. The summed E-state index contributed by atoms with van der Waals surface area (Å²) in [6.07, 6.45) is 0.634. The summed E-state index contributed by atoms with van der Waals surface area (Å²) in [6.45, 7) is 4.07. The fraction of sp³-hybridized carbons (Fsp3) is 0.353. The second-order valence-corrected chi connectivity index (χ2v) is 5.99. The molecule has 1 aromatic heterocycles. The molecule has 0 bridgehead atoms. The van der Waals surface area contributed by atoms with Crippen LogP contribution in [0, 0.1) is 5.92 Å². The molecule has 0 aliphatic carbocycles. The molecule has 0 saturated carbocycles. The van der Waals surface area contributed by atoms with E-state index in [1.54, 1.807) is 24.3 Å². The zero-order chi connectivity index (χ0) is 16.1. The van der Waals surface area contributed by atoms with Crippen molar-refractivity contribution in [2.75, 3.05) is 6.54 Å². The Bertz CT molecular complexity index is 610. The van der Waals surface area contributed by atoms with Gasteiger partial charge in [-0.25, -0.2) is 0 Å². The van der Waals surface area contributed by atoms with E-state index in [1.807, 2.05) is 26.0 Å². The average molecular weight is 322 g/mol. The second-order valence-electron chi connectivity index (χ2n) is 5.55. The van der Waals surface area contributed by atoms with E-state index in [4.69, 9.17) is 16.0 Å². The van der Waals surface area contributed by atoms with Gasteiger partial charge >= 0.3 is 0 Å². The van der Waals surface area contributed by atoms with Gasteiger partial charge in [0.05, 0.1) is 18.7 Å². The smallest absolute Gasteiger partial charge is 0.227 e. The Morgan fingerprint density at radius 3 is 2.68 bits per heavy atom. The third kappa shape index (κ3) is 4.12. The summed E-state index contributed by atoms with van der Waals surface area (Å²) in [7, 11) is 0. The van der Waals surface area contributed by atoms with Crippen molar-refractivity contribution in [2.24, 2.45) is 5.92 Å². The molecule has 0 spiro atoms. The highest BCUT2D eigenvalue weighted by atomic mass is 35.5. The van der Waals surface area contributed by atoms with E-state index >= 15 is 0 Å². The highest BCUT2D eigenvalue weighted by molar-refractivity contribution is 6.30. The Morgan fingerprint density at radius 1 is 1.32 bits per heavy atom. The van der Waals surface area contributed by atoms with Crippen LogP contribution in [0.5, 0.6) is 0 Å². The van der Waals surface area contributed by atoms with Gasteiger partial charge in [-0.3, -0.25) is 4.79 Å². The number of carbonyl (C=O) groups excluding carboxylic acids is 1. The number of hydrogen-bond donors (Lipinski definition) is 2. The summed E-state index contributed by atoms with van der Waals surface area (Å²) in [5.41, 5.74) is 0.868. The molecule has 0 aliphatic heterocycles. The first-order valence-electron chi connectivity index (χ1n) is 7.23. The van der Waals surface area contributed by atoms with E-state index in [9.17, 15) is 9.90 Å². The molecule has 2 unspecified atom stereocenters. The second kappa shape index (κ2) is 7.47. The summed E-state index contributed by atoms with van der Waals surface area (Å²) in [6, 6.07) is 10.7. The zero-order valence-electron chi connectivity index (χ0n) is 12.6. The van der Waals surface area contributed by atoms with Gasteiger partial charge in [-0.2, -0.15) is 0 Å². The largest absolute Gasteiger partial charge is 0.467 e. The number of aliphatic hydroxyl groups is 1. The SMILES string of the molecule is CC(C)C(C(=O)NCC(O)c1ccco1)c1cccc(Cl)c1. The van der Waals surface area contributed by atoms with E-state index < -0.39 is 6.10 Å². The predicted molar refractivity (Wildman–Crippen MR) is 85.7 cm³/mol. The Balaban J connectivity index is 2.04. The number of aliphatic hydroxyl groups excluding tert-OH is 1. The van der Waals surface area contributed by atoms with Crippen LogP contribution >= 0.6 is 11.6 Å². The third-order valence-electron chi connectivity index (χ3n) is 3.50. The lowest BCUT2D eigenvalue weighted by Crippen LogP contribution is -2.34. The molecule has 0 aliphatic rings. The van der Waals surface area contributed by atoms with E-state index in [0.717, 1.165) is 5.56 Å². The van der Waals surface area contributed by atoms with Crippen molar-refractivity contribution < 1.29 is 14.3 Å². The van der Waals surface area contributed by atoms with Crippen LogP contribution in [0.3, 0.4) is 0 Å². The minimum atomic E-state index is -0.855. The van der Waals surface area contributed by atoms with Gasteiger partial charge in [-0.15, -0.1) is 0 Å². The van der Waals surface area contributed by atoms with Gasteiger partial charge in [0.1, 0.15) is 11.9 Å². The monoisotopic (exact) mass is 321 g/mol. The number of halogens is 1. The predicted octanol–water partition coefficient (Wildman–Crippen LogP) is 3.52. The molecule has 0 radical (unpaired) electrons. The fourth-order valence-corrected chi connectivity index (χ4v) is 2.63. The molecular formula is C17H20ClNO3. The maximum absolute atomic E-state index is 12.5. The first-order valence-corrected chi connectivity index (χ1v) is 7.61. The maximum atomic E-state index is 12.5. The van der Waals surface area contributed by atoms with Crippen molar-refractivity contribution in [3.8, 4) is 0 Å². The Labute approximate surface area is 135 Å². The molecule has 0 fully saturated rings. The van der Waals surface area contributed by atoms with Crippen LogP contribution in [0.25, 0.3) is 0 Å². The van der Waals surface area contributed by atoms with E-state index in [-0.39, 0.29) is 24.3 Å². The van der Waals surface area contributed by atoms with Gasteiger partial charge < -0.3 is 14.8 Å². The van der Waals surface area contributed by atoms with E-state index in [0.29, 0.717) is 10.8 Å². The fourth-order valence-electron chi connectivity index (χ4n) is 2.43. The van der Waals surface area contributed by atoms with Crippen molar-refractivity contribution >= 4 is 17.5 Å². The maximum Gasteiger partial charge on any atom is 0.227 e. The average Bonchev–Trinajstić information content (AvgIpc) is 2.99. The van der Waals surface area contributed by atoms with Crippen molar-refractivity contribution in [1.82, 2.24) is 5.32 Å². The Morgan fingerprint density at radius 2 is 2.09 bits per heavy atom. The summed E-state index contributed by atoms with van der Waals surface area (Å²) >= 11 is 6.01. The van der Waals surface area contributed by atoms with Gasteiger partial charge in [0.15, 0.2) is 0 Å². The number of nitrogens with one attached hydrogen (secondary N) is 1. The molecular weight excluding hydrogens is 302 g/mol. The Hall–Kier alpha value is -1.78. The van der Waals surface area contributed by atoms with Crippen LogP contribution in [-0.2, 0) is 4.79 Å². The van der Waals surface area contributed by atoms with Crippen molar-refractivity contribution in [2.45, 2.75) is 25.9 Å². The molecule has 0 saturated heterocycles.